The maximum atomic E-state index is 13.3. The van der Waals surface area contributed by atoms with Crippen LogP contribution in [-0.2, 0) is 11.4 Å². The molecule has 0 saturated carbocycles. The molecule has 0 fully saturated rings. The first-order valence-corrected chi connectivity index (χ1v) is 9.49. The van der Waals surface area contributed by atoms with Crippen LogP contribution in [0.1, 0.15) is 16.7 Å². The van der Waals surface area contributed by atoms with Crippen LogP contribution in [0.5, 0.6) is 5.75 Å². The number of hydrogen-bond acceptors (Lipinski definition) is 3. The van der Waals surface area contributed by atoms with Gasteiger partial charge >= 0.3 is 0 Å². The molecule has 3 rings (SSSR count). The first-order chi connectivity index (χ1) is 14.4. The Labute approximate surface area is 179 Å². The number of anilines is 1. The highest BCUT2D eigenvalue weighted by atomic mass is 35.5. The van der Waals surface area contributed by atoms with Gasteiger partial charge in [0.2, 0.25) is 0 Å². The maximum Gasteiger partial charge on any atom is 0.266 e. The summed E-state index contributed by atoms with van der Waals surface area (Å²) in [4.78, 5) is 12.4. The molecule has 0 unspecified atom stereocenters. The van der Waals surface area contributed by atoms with Crippen LogP contribution >= 0.6 is 11.6 Å². The monoisotopic (exact) mass is 420 g/mol. The predicted molar refractivity (Wildman–Crippen MR) is 116 cm³/mol. The number of carbonyl (C=O) groups excluding carboxylic acids is 1. The number of ether oxygens (including phenoxy) is 1. The molecule has 0 aliphatic heterocycles. The van der Waals surface area contributed by atoms with Gasteiger partial charge in [0.1, 0.15) is 29.8 Å². The lowest BCUT2D eigenvalue weighted by molar-refractivity contribution is -0.112. The molecule has 0 spiro atoms. The van der Waals surface area contributed by atoms with Crippen LogP contribution in [0.25, 0.3) is 6.08 Å². The van der Waals surface area contributed by atoms with Crippen molar-refractivity contribution < 1.29 is 13.9 Å². The van der Waals surface area contributed by atoms with Crippen molar-refractivity contribution in [1.82, 2.24) is 0 Å². The second-order valence-electron chi connectivity index (χ2n) is 6.60. The van der Waals surface area contributed by atoms with Gasteiger partial charge in [-0.3, -0.25) is 4.79 Å². The summed E-state index contributed by atoms with van der Waals surface area (Å²) in [6, 6.07) is 20.2. The van der Waals surface area contributed by atoms with Crippen molar-refractivity contribution >= 4 is 29.3 Å². The Kier molecular flexibility index (Phi) is 6.84. The molecule has 6 heteroatoms. The molecule has 0 aliphatic carbocycles. The second kappa shape index (κ2) is 9.73. The molecule has 150 valence electrons. The molecule has 0 saturated heterocycles. The maximum absolute atomic E-state index is 13.3. The summed E-state index contributed by atoms with van der Waals surface area (Å²) in [5.74, 6) is -0.430. The van der Waals surface area contributed by atoms with Gasteiger partial charge in [0.25, 0.3) is 5.91 Å². The summed E-state index contributed by atoms with van der Waals surface area (Å²) < 4.78 is 18.9. The molecule has 0 aromatic heterocycles. The Hall–Kier alpha value is -3.62. The van der Waals surface area contributed by atoms with Gasteiger partial charge in [-0.05, 0) is 60.5 Å². The number of nitriles is 1. The highest BCUT2D eigenvalue weighted by molar-refractivity contribution is 6.32. The van der Waals surface area contributed by atoms with E-state index in [9.17, 15) is 14.4 Å². The third-order valence-electron chi connectivity index (χ3n) is 4.22. The van der Waals surface area contributed by atoms with E-state index in [1.807, 2.05) is 25.1 Å². The van der Waals surface area contributed by atoms with Crippen molar-refractivity contribution in [3.05, 3.63) is 99.8 Å². The van der Waals surface area contributed by atoms with E-state index in [1.54, 1.807) is 42.5 Å². The fourth-order valence-electron chi connectivity index (χ4n) is 2.66. The van der Waals surface area contributed by atoms with Crippen LogP contribution in [0, 0.1) is 24.1 Å². The van der Waals surface area contributed by atoms with E-state index in [1.165, 1.54) is 18.2 Å². The Morgan fingerprint density at radius 3 is 2.60 bits per heavy atom. The number of nitrogens with one attached hydrogen (secondary N) is 1. The molecule has 0 bridgehead atoms. The summed E-state index contributed by atoms with van der Waals surface area (Å²) in [7, 11) is 0. The minimum atomic E-state index is -0.510. The SMILES string of the molecule is Cc1ccc(NC(=O)/C(C#N)=C/c2ccc(OCc3cccc(F)c3)c(Cl)c2)cc1. The van der Waals surface area contributed by atoms with E-state index in [0.717, 1.165) is 5.56 Å². The lowest BCUT2D eigenvalue weighted by Crippen LogP contribution is -2.13. The second-order valence-corrected chi connectivity index (χ2v) is 7.01. The Balaban J connectivity index is 1.70. The molecule has 4 nitrogen and oxygen atoms in total. The quantitative estimate of drug-likeness (QED) is 0.398. The van der Waals surface area contributed by atoms with E-state index < -0.39 is 5.91 Å². The van der Waals surface area contributed by atoms with E-state index in [2.05, 4.69) is 5.32 Å². The van der Waals surface area contributed by atoms with Crippen LogP contribution in [0.3, 0.4) is 0 Å². The summed E-state index contributed by atoms with van der Waals surface area (Å²) in [5.41, 5.74) is 2.87. The average molecular weight is 421 g/mol. The Morgan fingerprint density at radius 1 is 1.17 bits per heavy atom. The van der Waals surface area contributed by atoms with Gasteiger partial charge in [0, 0.05) is 5.69 Å². The van der Waals surface area contributed by atoms with Crippen molar-refractivity contribution in [1.29, 1.82) is 5.26 Å². The number of aryl methyl sites for hydroxylation is 1. The smallest absolute Gasteiger partial charge is 0.266 e. The summed E-state index contributed by atoms with van der Waals surface area (Å²) in [6.45, 7) is 2.11. The number of carbonyl (C=O) groups is 1. The number of hydrogen-bond donors (Lipinski definition) is 1. The molecule has 3 aromatic carbocycles. The van der Waals surface area contributed by atoms with E-state index in [4.69, 9.17) is 16.3 Å². The van der Waals surface area contributed by atoms with Gasteiger partial charge < -0.3 is 10.1 Å². The summed E-state index contributed by atoms with van der Waals surface area (Å²) in [6.07, 6.45) is 1.45. The van der Waals surface area contributed by atoms with E-state index in [0.29, 0.717) is 27.6 Å². The number of rotatable bonds is 6. The van der Waals surface area contributed by atoms with Gasteiger partial charge in [0.05, 0.1) is 5.02 Å². The van der Waals surface area contributed by atoms with Crippen molar-refractivity contribution in [3.8, 4) is 11.8 Å². The normalized spacial score (nSPS) is 10.9. The largest absolute Gasteiger partial charge is 0.487 e. The molecule has 1 N–H and O–H groups in total. The lowest BCUT2D eigenvalue weighted by Gasteiger charge is -2.09. The summed E-state index contributed by atoms with van der Waals surface area (Å²) in [5, 5.41) is 12.4. The number of benzene rings is 3. The third-order valence-corrected chi connectivity index (χ3v) is 4.52. The Bertz CT molecular complexity index is 1130. The number of halogens is 2. The molecule has 0 heterocycles. The fraction of sp³-hybridized carbons (Fsp3) is 0.0833. The van der Waals surface area contributed by atoms with Crippen LogP contribution in [0.15, 0.2) is 72.3 Å². The van der Waals surface area contributed by atoms with Gasteiger partial charge in [-0.25, -0.2) is 4.39 Å². The van der Waals surface area contributed by atoms with Crippen LogP contribution in [0.2, 0.25) is 5.02 Å². The molecule has 3 aromatic rings. The third kappa shape index (κ3) is 5.69. The fourth-order valence-corrected chi connectivity index (χ4v) is 2.91. The zero-order chi connectivity index (χ0) is 21.5. The van der Waals surface area contributed by atoms with Crippen LogP contribution in [-0.4, -0.2) is 5.91 Å². The van der Waals surface area contributed by atoms with Crippen molar-refractivity contribution in [2.24, 2.45) is 0 Å². The molecule has 0 aliphatic rings. The van der Waals surface area contributed by atoms with Gasteiger partial charge in [-0.2, -0.15) is 5.26 Å². The minimum Gasteiger partial charge on any atom is -0.487 e. The number of amides is 1. The van der Waals surface area contributed by atoms with Gasteiger partial charge in [0.15, 0.2) is 0 Å². The molecule has 0 atom stereocenters. The molecular weight excluding hydrogens is 403 g/mol. The van der Waals surface area contributed by atoms with Crippen molar-refractivity contribution in [2.45, 2.75) is 13.5 Å². The molecular formula is C24H18ClFN2O2. The van der Waals surface area contributed by atoms with E-state index in [-0.39, 0.29) is 18.0 Å². The highest BCUT2D eigenvalue weighted by Gasteiger charge is 2.11. The first-order valence-electron chi connectivity index (χ1n) is 9.11. The highest BCUT2D eigenvalue weighted by Crippen LogP contribution is 2.27. The summed E-state index contributed by atoms with van der Waals surface area (Å²) >= 11 is 6.27. The number of nitrogens with zero attached hydrogens (tertiary/aromatic N) is 1. The lowest BCUT2D eigenvalue weighted by atomic mass is 10.1. The van der Waals surface area contributed by atoms with Crippen LogP contribution in [0.4, 0.5) is 10.1 Å². The average Bonchev–Trinajstić information content (AvgIpc) is 2.73. The minimum absolute atomic E-state index is 0.0555. The van der Waals surface area contributed by atoms with Gasteiger partial charge in [-0.1, -0.05) is 47.5 Å². The molecule has 30 heavy (non-hydrogen) atoms. The first kappa shape index (κ1) is 21.1. The van der Waals surface area contributed by atoms with Gasteiger partial charge in [-0.15, -0.1) is 0 Å². The van der Waals surface area contributed by atoms with Crippen LogP contribution < -0.4 is 10.1 Å². The van der Waals surface area contributed by atoms with E-state index >= 15 is 0 Å². The zero-order valence-electron chi connectivity index (χ0n) is 16.2. The molecule has 1 amide bonds. The Morgan fingerprint density at radius 2 is 1.93 bits per heavy atom. The van der Waals surface area contributed by atoms with Crippen molar-refractivity contribution in [2.75, 3.05) is 5.32 Å². The van der Waals surface area contributed by atoms with Crippen molar-refractivity contribution in [3.63, 3.8) is 0 Å². The topological polar surface area (TPSA) is 62.1 Å². The molecule has 0 radical (unpaired) electrons. The standard InChI is InChI=1S/C24H18ClFN2O2/c1-16-5-8-21(9-6-16)28-24(29)19(14-27)11-17-7-10-23(22(25)13-17)30-15-18-3-2-4-20(26)12-18/h2-13H,15H2,1H3,(H,28,29)/b19-11+. The predicted octanol–water partition coefficient (Wildman–Crippen LogP) is 5.91. The zero-order valence-corrected chi connectivity index (χ0v) is 16.9.